The number of nitrogens with one attached hydrogen (secondary N) is 2. The van der Waals surface area contributed by atoms with Gasteiger partial charge in [-0.1, -0.05) is 0 Å². The van der Waals surface area contributed by atoms with E-state index < -0.39 is 0 Å². The highest BCUT2D eigenvalue weighted by molar-refractivity contribution is 5.82. The summed E-state index contributed by atoms with van der Waals surface area (Å²) in [5.41, 5.74) is 1.24. The Morgan fingerprint density at radius 3 is 3.00 bits per heavy atom. The van der Waals surface area contributed by atoms with E-state index in [4.69, 9.17) is 4.74 Å². The normalized spacial score (nSPS) is 10.7. The molecule has 0 saturated heterocycles. The van der Waals surface area contributed by atoms with Crippen LogP contribution >= 0.6 is 0 Å². The Hall–Kier alpha value is -1.88. The first-order valence-electron chi connectivity index (χ1n) is 5.46. The molecular weight excluding hydrogens is 218 g/mol. The first-order chi connectivity index (χ1) is 8.24. The number of ether oxygens (including phenoxy) is 1. The number of H-pyrrole nitrogens is 1. The molecule has 2 rings (SSSR count). The van der Waals surface area contributed by atoms with E-state index in [9.17, 15) is 4.79 Å². The van der Waals surface area contributed by atoms with Crippen LogP contribution in [0.5, 0.6) is 5.75 Å². The third-order valence-corrected chi connectivity index (χ3v) is 2.63. The maximum absolute atomic E-state index is 11.4. The summed E-state index contributed by atoms with van der Waals surface area (Å²) in [5.74, 6) is 0.704. The van der Waals surface area contributed by atoms with Crippen molar-refractivity contribution in [2.24, 2.45) is 0 Å². The monoisotopic (exact) mass is 233 g/mol. The molecule has 1 heterocycles. The smallest absolute Gasteiger partial charge is 0.345 e. The third kappa shape index (κ3) is 2.45. The van der Waals surface area contributed by atoms with Gasteiger partial charge in [0.1, 0.15) is 5.75 Å². The SMILES string of the molecule is CNCCc1[nH]c(=O)nc2cc(OC)ccc12. The van der Waals surface area contributed by atoms with Gasteiger partial charge < -0.3 is 15.0 Å². The molecule has 0 radical (unpaired) electrons. The zero-order valence-corrected chi connectivity index (χ0v) is 9.91. The summed E-state index contributed by atoms with van der Waals surface area (Å²) < 4.78 is 5.12. The zero-order chi connectivity index (χ0) is 12.3. The molecule has 0 aliphatic carbocycles. The highest BCUT2D eigenvalue weighted by atomic mass is 16.5. The van der Waals surface area contributed by atoms with Crippen LogP contribution in [0.3, 0.4) is 0 Å². The van der Waals surface area contributed by atoms with Gasteiger partial charge in [-0.3, -0.25) is 0 Å². The second kappa shape index (κ2) is 4.97. The molecule has 2 aromatic rings. The fraction of sp³-hybridized carbons (Fsp3) is 0.333. The molecule has 5 nitrogen and oxygen atoms in total. The molecule has 0 unspecified atom stereocenters. The van der Waals surface area contributed by atoms with E-state index in [0.717, 1.165) is 24.0 Å². The fourth-order valence-electron chi connectivity index (χ4n) is 1.77. The number of likely N-dealkylation sites (N-methyl/N-ethyl adjacent to an activating group) is 1. The lowest BCUT2D eigenvalue weighted by Gasteiger charge is -2.06. The number of benzene rings is 1. The Kier molecular flexibility index (Phi) is 3.39. The number of aromatic nitrogens is 2. The van der Waals surface area contributed by atoms with Crippen LogP contribution in [0.25, 0.3) is 10.9 Å². The van der Waals surface area contributed by atoms with Crippen molar-refractivity contribution in [1.29, 1.82) is 0 Å². The van der Waals surface area contributed by atoms with Gasteiger partial charge in [0.2, 0.25) is 0 Å². The minimum atomic E-state index is -0.322. The van der Waals surface area contributed by atoms with Gasteiger partial charge in [0, 0.05) is 30.1 Å². The largest absolute Gasteiger partial charge is 0.497 e. The predicted molar refractivity (Wildman–Crippen MR) is 66.5 cm³/mol. The van der Waals surface area contributed by atoms with E-state index in [1.165, 1.54) is 0 Å². The van der Waals surface area contributed by atoms with E-state index in [-0.39, 0.29) is 5.69 Å². The van der Waals surface area contributed by atoms with E-state index in [2.05, 4.69) is 15.3 Å². The minimum absolute atomic E-state index is 0.322. The zero-order valence-electron chi connectivity index (χ0n) is 9.91. The Balaban J connectivity index is 2.55. The molecule has 0 spiro atoms. The van der Waals surface area contributed by atoms with Crippen molar-refractivity contribution in [3.8, 4) is 5.75 Å². The van der Waals surface area contributed by atoms with Crippen LogP contribution in [0.4, 0.5) is 0 Å². The number of rotatable bonds is 4. The summed E-state index contributed by atoms with van der Waals surface area (Å²) >= 11 is 0. The predicted octanol–water partition coefficient (Wildman–Crippen LogP) is 0.694. The van der Waals surface area contributed by atoms with Crippen LogP contribution in [0, 0.1) is 0 Å². The lowest BCUT2D eigenvalue weighted by atomic mass is 10.1. The van der Waals surface area contributed by atoms with Crippen molar-refractivity contribution < 1.29 is 4.74 Å². The lowest BCUT2D eigenvalue weighted by molar-refractivity contribution is 0.415. The minimum Gasteiger partial charge on any atom is -0.497 e. The molecule has 17 heavy (non-hydrogen) atoms. The highest BCUT2D eigenvalue weighted by Gasteiger charge is 2.05. The summed E-state index contributed by atoms with van der Waals surface area (Å²) in [6.45, 7) is 0.807. The summed E-state index contributed by atoms with van der Waals surface area (Å²) in [6.07, 6.45) is 0.761. The van der Waals surface area contributed by atoms with E-state index in [1.807, 2.05) is 19.2 Å². The fourth-order valence-corrected chi connectivity index (χ4v) is 1.77. The van der Waals surface area contributed by atoms with Crippen molar-refractivity contribution in [3.05, 3.63) is 34.4 Å². The number of hydrogen-bond acceptors (Lipinski definition) is 4. The summed E-state index contributed by atoms with van der Waals surface area (Å²) in [6, 6.07) is 5.56. The van der Waals surface area contributed by atoms with Gasteiger partial charge in [0.15, 0.2) is 0 Å². The summed E-state index contributed by atoms with van der Waals surface area (Å²) in [5, 5.41) is 4.01. The van der Waals surface area contributed by atoms with Gasteiger partial charge >= 0.3 is 5.69 Å². The number of fused-ring (bicyclic) bond motifs is 1. The molecule has 0 aliphatic rings. The van der Waals surface area contributed by atoms with Crippen LogP contribution in [-0.4, -0.2) is 30.7 Å². The molecule has 1 aromatic heterocycles. The number of aromatic amines is 1. The van der Waals surface area contributed by atoms with Crippen LogP contribution in [-0.2, 0) is 6.42 Å². The Morgan fingerprint density at radius 1 is 1.47 bits per heavy atom. The van der Waals surface area contributed by atoms with Crippen molar-refractivity contribution in [2.45, 2.75) is 6.42 Å². The highest BCUT2D eigenvalue weighted by Crippen LogP contribution is 2.19. The van der Waals surface area contributed by atoms with E-state index in [0.29, 0.717) is 11.3 Å². The van der Waals surface area contributed by atoms with Crippen molar-refractivity contribution in [2.75, 3.05) is 20.7 Å². The van der Waals surface area contributed by atoms with Crippen LogP contribution in [0.2, 0.25) is 0 Å². The van der Waals surface area contributed by atoms with Gasteiger partial charge in [0.05, 0.1) is 12.6 Å². The average Bonchev–Trinajstić information content (AvgIpc) is 2.34. The van der Waals surface area contributed by atoms with Crippen LogP contribution in [0.15, 0.2) is 23.0 Å². The van der Waals surface area contributed by atoms with E-state index >= 15 is 0 Å². The Labute approximate surface area is 98.8 Å². The van der Waals surface area contributed by atoms with Gasteiger partial charge in [-0.15, -0.1) is 0 Å². The molecule has 2 N–H and O–H groups in total. The maximum atomic E-state index is 11.4. The summed E-state index contributed by atoms with van der Waals surface area (Å²) in [4.78, 5) is 18.2. The maximum Gasteiger partial charge on any atom is 0.345 e. The third-order valence-electron chi connectivity index (χ3n) is 2.63. The number of methoxy groups -OCH3 is 1. The number of nitrogens with zero attached hydrogens (tertiary/aromatic N) is 1. The molecule has 0 fully saturated rings. The topological polar surface area (TPSA) is 67.0 Å². The Morgan fingerprint density at radius 2 is 2.29 bits per heavy atom. The van der Waals surface area contributed by atoms with Crippen LogP contribution in [0.1, 0.15) is 5.69 Å². The molecule has 90 valence electrons. The second-order valence-corrected chi connectivity index (χ2v) is 3.76. The molecule has 0 saturated carbocycles. The lowest BCUT2D eigenvalue weighted by Crippen LogP contribution is -2.17. The molecule has 0 amide bonds. The summed E-state index contributed by atoms with van der Waals surface area (Å²) in [7, 11) is 3.47. The molecule has 1 aromatic carbocycles. The first kappa shape index (κ1) is 11.6. The average molecular weight is 233 g/mol. The molecule has 5 heteroatoms. The molecule has 0 aliphatic heterocycles. The number of hydrogen-bond donors (Lipinski definition) is 2. The van der Waals surface area contributed by atoms with Gasteiger partial charge in [0.25, 0.3) is 0 Å². The Bertz CT molecular complexity index is 577. The first-order valence-corrected chi connectivity index (χ1v) is 5.46. The van der Waals surface area contributed by atoms with Crippen LogP contribution < -0.4 is 15.7 Å². The molecule has 0 atom stereocenters. The second-order valence-electron chi connectivity index (χ2n) is 3.76. The van der Waals surface area contributed by atoms with Gasteiger partial charge in [-0.25, -0.2) is 4.79 Å². The van der Waals surface area contributed by atoms with Crippen molar-refractivity contribution >= 4 is 10.9 Å². The van der Waals surface area contributed by atoms with Gasteiger partial charge in [-0.2, -0.15) is 4.98 Å². The van der Waals surface area contributed by atoms with Gasteiger partial charge in [-0.05, 0) is 19.2 Å². The van der Waals surface area contributed by atoms with Crippen molar-refractivity contribution in [1.82, 2.24) is 15.3 Å². The standard InChI is InChI=1S/C12H15N3O2/c1-13-6-5-10-9-4-3-8(17-2)7-11(9)15-12(16)14-10/h3-4,7,13H,5-6H2,1-2H3,(H,14,15,16). The van der Waals surface area contributed by atoms with E-state index in [1.54, 1.807) is 13.2 Å². The quantitative estimate of drug-likeness (QED) is 0.815. The molecular formula is C12H15N3O2. The van der Waals surface area contributed by atoms with Crippen molar-refractivity contribution in [3.63, 3.8) is 0 Å². The molecule has 0 bridgehead atoms.